The van der Waals surface area contributed by atoms with Gasteiger partial charge in [0.05, 0.1) is 10.6 Å². The first-order valence-corrected chi connectivity index (χ1v) is 13.3. The molecular formula is C25H22N6O3S2. The Bertz CT molecular complexity index is 1670. The fraction of sp³-hybridized carbons (Fsp3) is 0.120. The van der Waals surface area contributed by atoms with E-state index in [2.05, 4.69) is 25.0 Å². The number of hydrogen-bond acceptors (Lipinski definition) is 7. The number of aromatic nitrogens is 4. The number of sulfonamides is 1. The molecular weight excluding hydrogens is 496 g/mol. The highest BCUT2D eigenvalue weighted by molar-refractivity contribution is 7.92. The van der Waals surface area contributed by atoms with Crippen LogP contribution in [0.3, 0.4) is 0 Å². The largest absolute Gasteiger partial charge is 0.321 e. The molecule has 3 aromatic heterocycles. The smallest absolute Gasteiger partial charge is 0.267 e. The molecule has 0 fully saturated rings. The van der Waals surface area contributed by atoms with Crippen LogP contribution in [0.5, 0.6) is 0 Å². The van der Waals surface area contributed by atoms with Crippen LogP contribution < -0.4 is 10.0 Å². The van der Waals surface area contributed by atoms with Gasteiger partial charge in [0.25, 0.3) is 15.9 Å². The Morgan fingerprint density at radius 3 is 2.33 bits per heavy atom. The van der Waals surface area contributed by atoms with Crippen molar-refractivity contribution in [2.24, 2.45) is 0 Å². The summed E-state index contributed by atoms with van der Waals surface area (Å²) in [7, 11) is -3.85. The molecule has 5 aromatic rings. The summed E-state index contributed by atoms with van der Waals surface area (Å²) in [5.41, 5.74) is 3.76. The van der Waals surface area contributed by atoms with Gasteiger partial charge in [0.15, 0.2) is 4.96 Å². The number of amides is 1. The summed E-state index contributed by atoms with van der Waals surface area (Å²) in [6.07, 6.45) is 1.92. The molecule has 0 aliphatic heterocycles. The second-order valence-corrected chi connectivity index (χ2v) is 10.8. The van der Waals surface area contributed by atoms with Crippen LogP contribution in [0.1, 0.15) is 26.9 Å². The lowest BCUT2D eigenvalue weighted by atomic mass is 10.2. The van der Waals surface area contributed by atoms with E-state index < -0.39 is 10.0 Å². The number of benzene rings is 2. The van der Waals surface area contributed by atoms with Crippen LogP contribution >= 0.6 is 11.3 Å². The molecule has 2 N–H and O–H groups in total. The lowest BCUT2D eigenvalue weighted by Gasteiger charge is -2.10. The van der Waals surface area contributed by atoms with Gasteiger partial charge < -0.3 is 5.32 Å². The van der Waals surface area contributed by atoms with E-state index in [1.54, 1.807) is 32.0 Å². The number of aryl methyl sites for hydroxylation is 3. The molecule has 5 rings (SSSR count). The number of thiazole rings is 1. The van der Waals surface area contributed by atoms with E-state index in [1.807, 2.05) is 47.9 Å². The average Bonchev–Trinajstić information content (AvgIpc) is 3.38. The molecule has 0 atom stereocenters. The molecule has 1 amide bonds. The lowest BCUT2D eigenvalue weighted by Crippen LogP contribution is -2.15. The molecule has 0 saturated heterocycles. The summed E-state index contributed by atoms with van der Waals surface area (Å²) in [6.45, 7) is 5.32. The summed E-state index contributed by atoms with van der Waals surface area (Å²) in [5, 5.41) is 2.83. The molecule has 2 aromatic carbocycles. The van der Waals surface area contributed by atoms with E-state index >= 15 is 0 Å². The Balaban J connectivity index is 1.32. The van der Waals surface area contributed by atoms with Gasteiger partial charge in [0.2, 0.25) is 0 Å². The molecule has 3 heterocycles. The van der Waals surface area contributed by atoms with Crippen molar-refractivity contribution in [3.63, 3.8) is 0 Å². The predicted molar refractivity (Wildman–Crippen MR) is 140 cm³/mol. The Labute approximate surface area is 212 Å². The number of anilines is 2. The van der Waals surface area contributed by atoms with Crippen LogP contribution in [-0.4, -0.2) is 33.7 Å². The molecule has 0 aliphatic carbocycles. The van der Waals surface area contributed by atoms with Crippen LogP contribution in [0, 0.1) is 20.8 Å². The maximum absolute atomic E-state index is 13.0. The first-order valence-electron chi connectivity index (χ1n) is 11.0. The number of nitrogens with one attached hydrogen (secondary N) is 2. The normalized spacial score (nSPS) is 11.5. The molecule has 0 saturated carbocycles. The summed E-state index contributed by atoms with van der Waals surface area (Å²) < 4.78 is 29.9. The Morgan fingerprint density at radius 2 is 1.67 bits per heavy atom. The van der Waals surface area contributed by atoms with Gasteiger partial charge in [-0.25, -0.2) is 23.4 Å². The second kappa shape index (κ2) is 9.17. The fourth-order valence-electron chi connectivity index (χ4n) is 3.78. The minimum atomic E-state index is -3.85. The van der Waals surface area contributed by atoms with Crippen LogP contribution in [0.15, 0.2) is 71.8 Å². The Kier molecular flexibility index (Phi) is 6.02. The number of fused-ring (bicyclic) bond motifs is 1. The van der Waals surface area contributed by atoms with Crippen molar-refractivity contribution < 1.29 is 13.2 Å². The van der Waals surface area contributed by atoms with Crippen LogP contribution in [0.25, 0.3) is 16.2 Å². The first-order chi connectivity index (χ1) is 17.2. The van der Waals surface area contributed by atoms with Gasteiger partial charge in [0, 0.05) is 34.9 Å². The zero-order valence-electron chi connectivity index (χ0n) is 19.7. The number of carbonyl (C=O) groups is 1. The Hall–Kier alpha value is -4.09. The molecule has 0 spiro atoms. The number of carbonyl (C=O) groups excluding carboxylic acids is 1. The van der Waals surface area contributed by atoms with Crippen molar-refractivity contribution in [1.82, 2.24) is 19.4 Å². The molecule has 36 heavy (non-hydrogen) atoms. The summed E-state index contributed by atoms with van der Waals surface area (Å²) in [6, 6.07) is 17.4. The van der Waals surface area contributed by atoms with Gasteiger partial charge in [-0.2, -0.15) is 0 Å². The van der Waals surface area contributed by atoms with Gasteiger partial charge in [-0.15, -0.1) is 0 Å². The highest BCUT2D eigenvalue weighted by Gasteiger charge is 2.19. The van der Waals surface area contributed by atoms with Gasteiger partial charge in [0.1, 0.15) is 16.5 Å². The van der Waals surface area contributed by atoms with Crippen molar-refractivity contribution in [2.75, 3.05) is 10.0 Å². The first kappa shape index (κ1) is 23.6. The monoisotopic (exact) mass is 518 g/mol. The number of nitrogens with zero attached hydrogens (tertiary/aromatic N) is 4. The van der Waals surface area contributed by atoms with E-state index in [0.29, 0.717) is 22.1 Å². The van der Waals surface area contributed by atoms with Crippen molar-refractivity contribution in [2.45, 2.75) is 25.7 Å². The quantitative estimate of drug-likeness (QED) is 0.332. The van der Waals surface area contributed by atoms with Crippen molar-refractivity contribution in [1.29, 1.82) is 0 Å². The molecule has 11 heteroatoms. The van der Waals surface area contributed by atoms with Gasteiger partial charge in [-0.3, -0.25) is 13.9 Å². The Morgan fingerprint density at radius 1 is 0.944 bits per heavy atom. The fourth-order valence-corrected chi connectivity index (χ4v) is 5.78. The molecule has 9 nitrogen and oxygen atoms in total. The molecule has 0 unspecified atom stereocenters. The minimum Gasteiger partial charge on any atom is -0.321 e. The van der Waals surface area contributed by atoms with Crippen LogP contribution in [-0.2, 0) is 10.0 Å². The van der Waals surface area contributed by atoms with E-state index in [0.717, 1.165) is 21.9 Å². The van der Waals surface area contributed by atoms with E-state index in [1.165, 1.54) is 23.5 Å². The predicted octanol–water partition coefficient (Wildman–Crippen LogP) is 4.83. The number of hydrogen-bond donors (Lipinski definition) is 2. The minimum absolute atomic E-state index is 0.0497. The second-order valence-electron chi connectivity index (χ2n) is 8.19. The van der Waals surface area contributed by atoms with Crippen LogP contribution in [0.2, 0.25) is 0 Å². The van der Waals surface area contributed by atoms with E-state index in [4.69, 9.17) is 0 Å². The van der Waals surface area contributed by atoms with E-state index in [-0.39, 0.29) is 16.6 Å². The summed E-state index contributed by atoms with van der Waals surface area (Å²) in [4.78, 5) is 27.2. The van der Waals surface area contributed by atoms with E-state index in [9.17, 15) is 13.2 Å². The third-order valence-electron chi connectivity index (χ3n) is 5.46. The third kappa shape index (κ3) is 4.70. The van der Waals surface area contributed by atoms with Crippen LogP contribution in [0.4, 0.5) is 11.5 Å². The molecule has 0 bridgehead atoms. The average molecular weight is 519 g/mol. The highest BCUT2D eigenvalue weighted by atomic mass is 32.2. The summed E-state index contributed by atoms with van der Waals surface area (Å²) in [5.74, 6) is 0.384. The zero-order valence-corrected chi connectivity index (χ0v) is 21.3. The molecule has 182 valence electrons. The van der Waals surface area contributed by atoms with Crippen molar-refractivity contribution in [3.05, 3.63) is 88.9 Å². The van der Waals surface area contributed by atoms with Gasteiger partial charge >= 0.3 is 0 Å². The summed E-state index contributed by atoms with van der Waals surface area (Å²) >= 11 is 1.30. The van der Waals surface area contributed by atoms with Crippen molar-refractivity contribution in [3.8, 4) is 11.3 Å². The number of rotatable bonds is 6. The maximum atomic E-state index is 13.0. The zero-order chi connectivity index (χ0) is 25.4. The van der Waals surface area contributed by atoms with Gasteiger partial charge in [-0.1, -0.05) is 41.7 Å². The topological polar surface area (TPSA) is 118 Å². The third-order valence-corrected chi connectivity index (χ3v) is 7.99. The maximum Gasteiger partial charge on any atom is 0.267 e. The number of imidazole rings is 1. The lowest BCUT2D eigenvalue weighted by molar-refractivity contribution is 0.102. The molecule has 0 aliphatic rings. The van der Waals surface area contributed by atoms with Crippen molar-refractivity contribution >= 4 is 43.7 Å². The standard InChI is InChI=1S/C25H22N6O3S2/c1-15-13-22(27-17(3)26-15)30-36(33,34)20-11-9-19(10-12-20)28-24(32)23-16(2)31-14-21(29-25(31)35-23)18-7-5-4-6-8-18/h4-14H,1-3H3,(H,28,32)(H,26,27,30). The van der Waals surface area contributed by atoms with Gasteiger partial charge in [-0.05, 0) is 45.0 Å². The SMILES string of the molecule is Cc1cc(NS(=O)(=O)c2ccc(NC(=O)c3sc4nc(-c5ccccc5)cn4c3C)cc2)nc(C)n1. The highest BCUT2D eigenvalue weighted by Crippen LogP contribution is 2.28. The molecule has 0 radical (unpaired) electrons.